The second-order valence-electron chi connectivity index (χ2n) is 5.44. The van der Waals surface area contributed by atoms with Crippen LogP contribution in [-0.4, -0.2) is 18.6 Å². The van der Waals surface area contributed by atoms with Crippen LogP contribution >= 0.6 is 0 Å². The van der Waals surface area contributed by atoms with Gasteiger partial charge in [-0.25, -0.2) is 0 Å². The van der Waals surface area contributed by atoms with E-state index in [2.05, 4.69) is 36.5 Å². The van der Waals surface area contributed by atoms with Gasteiger partial charge in [-0.15, -0.1) is 0 Å². The van der Waals surface area contributed by atoms with Gasteiger partial charge in [-0.05, 0) is 31.4 Å². The molecular formula is C17H19NO3. The van der Waals surface area contributed by atoms with Crippen LogP contribution in [0, 0.1) is 6.92 Å². The number of aryl methyl sites for hydroxylation is 1. The Morgan fingerprint density at radius 3 is 2.76 bits per heavy atom. The van der Waals surface area contributed by atoms with Crippen LogP contribution in [0.2, 0.25) is 0 Å². The highest BCUT2D eigenvalue weighted by molar-refractivity contribution is 5.94. The fourth-order valence-electron chi connectivity index (χ4n) is 2.66. The van der Waals surface area contributed by atoms with Crippen LogP contribution in [-0.2, 0) is 4.74 Å². The van der Waals surface area contributed by atoms with Crippen LogP contribution in [0.4, 0.5) is 0 Å². The van der Waals surface area contributed by atoms with E-state index in [0.29, 0.717) is 5.56 Å². The Hall–Kier alpha value is -2.07. The average Bonchev–Trinajstić information content (AvgIpc) is 3.03. The summed E-state index contributed by atoms with van der Waals surface area (Å²) in [6.45, 7) is 2.79. The number of benzene rings is 1. The van der Waals surface area contributed by atoms with Crippen LogP contribution in [0.3, 0.4) is 0 Å². The first-order chi connectivity index (χ1) is 10.2. The molecule has 1 saturated heterocycles. The molecule has 21 heavy (non-hydrogen) atoms. The molecule has 1 aromatic heterocycles. The van der Waals surface area contributed by atoms with Crippen LogP contribution in [0.5, 0.6) is 0 Å². The molecule has 4 heteroatoms. The normalized spacial score (nSPS) is 22.0. The van der Waals surface area contributed by atoms with E-state index in [1.165, 1.54) is 18.1 Å². The standard InChI is InChI=1S/C17H19NO3/c1-12-4-6-13(7-5-12)16-15(3-2-9-21-16)18-17(19)14-8-10-20-11-14/h4-8,10-11,15-16H,2-3,9H2,1H3,(H,18,19)/t15-,16-/m0/s1. The van der Waals surface area contributed by atoms with Crippen molar-refractivity contribution in [1.29, 1.82) is 0 Å². The molecule has 0 bridgehead atoms. The first-order valence-corrected chi connectivity index (χ1v) is 7.25. The Balaban J connectivity index is 1.75. The maximum atomic E-state index is 12.2. The molecule has 1 aliphatic rings. The molecular weight excluding hydrogens is 266 g/mol. The first-order valence-electron chi connectivity index (χ1n) is 7.25. The third-order valence-corrected chi connectivity index (χ3v) is 3.83. The zero-order chi connectivity index (χ0) is 14.7. The Morgan fingerprint density at radius 2 is 2.05 bits per heavy atom. The van der Waals surface area contributed by atoms with Crippen molar-refractivity contribution >= 4 is 5.91 Å². The van der Waals surface area contributed by atoms with Crippen molar-refractivity contribution in [1.82, 2.24) is 5.32 Å². The summed E-state index contributed by atoms with van der Waals surface area (Å²) < 4.78 is 10.9. The highest BCUT2D eigenvalue weighted by atomic mass is 16.5. The fraction of sp³-hybridized carbons (Fsp3) is 0.353. The number of rotatable bonds is 3. The lowest BCUT2D eigenvalue weighted by atomic mass is 9.95. The molecule has 110 valence electrons. The molecule has 1 fully saturated rings. The second-order valence-corrected chi connectivity index (χ2v) is 5.44. The maximum absolute atomic E-state index is 12.2. The molecule has 2 aromatic rings. The van der Waals surface area contributed by atoms with Crippen molar-refractivity contribution in [3.8, 4) is 0 Å². The maximum Gasteiger partial charge on any atom is 0.254 e. The number of amides is 1. The molecule has 1 aliphatic heterocycles. The second kappa shape index (κ2) is 6.14. The molecule has 1 N–H and O–H groups in total. The predicted octanol–water partition coefficient (Wildman–Crippen LogP) is 3.24. The monoisotopic (exact) mass is 285 g/mol. The molecule has 0 spiro atoms. The Morgan fingerprint density at radius 1 is 1.24 bits per heavy atom. The predicted molar refractivity (Wildman–Crippen MR) is 79.1 cm³/mol. The zero-order valence-electron chi connectivity index (χ0n) is 12.0. The molecule has 4 nitrogen and oxygen atoms in total. The van der Waals surface area contributed by atoms with E-state index in [4.69, 9.17) is 9.15 Å². The number of hydrogen-bond donors (Lipinski definition) is 1. The van der Waals surface area contributed by atoms with Gasteiger partial charge in [0, 0.05) is 6.61 Å². The third-order valence-electron chi connectivity index (χ3n) is 3.83. The van der Waals surface area contributed by atoms with Crippen molar-refractivity contribution in [2.45, 2.75) is 31.9 Å². The molecule has 0 saturated carbocycles. The van der Waals surface area contributed by atoms with Crippen molar-refractivity contribution in [3.05, 3.63) is 59.5 Å². The van der Waals surface area contributed by atoms with Gasteiger partial charge >= 0.3 is 0 Å². The van der Waals surface area contributed by atoms with E-state index in [9.17, 15) is 4.79 Å². The van der Waals surface area contributed by atoms with E-state index >= 15 is 0 Å². The minimum absolute atomic E-state index is 0.0103. The lowest BCUT2D eigenvalue weighted by molar-refractivity contribution is -0.00947. The van der Waals surface area contributed by atoms with Gasteiger partial charge in [-0.2, -0.15) is 0 Å². The molecule has 0 unspecified atom stereocenters. The molecule has 3 rings (SSSR count). The SMILES string of the molecule is Cc1ccc([C@@H]2OCCC[C@@H]2NC(=O)c2ccoc2)cc1. The molecule has 2 atom stereocenters. The lowest BCUT2D eigenvalue weighted by Gasteiger charge is -2.32. The molecule has 2 heterocycles. The highest BCUT2D eigenvalue weighted by Gasteiger charge is 2.29. The van der Waals surface area contributed by atoms with Gasteiger partial charge in [0.1, 0.15) is 12.4 Å². The summed E-state index contributed by atoms with van der Waals surface area (Å²) in [5, 5.41) is 3.06. The summed E-state index contributed by atoms with van der Waals surface area (Å²) in [7, 11) is 0. The largest absolute Gasteiger partial charge is 0.472 e. The minimum atomic E-state index is -0.114. The van der Waals surface area contributed by atoms with Gasteiger partial charge in [0.15, 0.2) is 0 Å². The number of hydrogen-bond acceptors (Lipinski definition) is 3. The Bertz CT molecular complexity index is 589. The fourth-order valence-corrected chi connectivity index (χ4v) is 2.66. The molecule has 1 aromatic carbocycles. The van der Waals surface area contributed by atoms with Crippen LogP contribution < -0.4 is 5.32 Å². The van der Waals surface area contributed by atoms with E-state index < -0.39 is 0 Å². The van der Waals surface area contributed by atoms with Gasteiger partial charge in [-0.3, -0.25) is 4.79 Å². The van der Waals surface area contributed by atoms with Gasteiger partial charge in [-0.1, -0.05) is 29.8 Å². The first kappa shape index (κ1) is 13.9. The van der Waals surface area contributed by atoms with Gasteiger partial charge in [0.2, 0.25) is 0 Å². The number of ether oxygens (including phenoxy) is 1. The van der Waals surface area contributed by atoms with Crippen molar-refractivity contribution in [3.63, 3.8) is 0 Å². The van der Waals surface area contributed by atoms with Gasteiger partial charge < -0.3 is 14.5 Å². The third kappa shape index (κ3) is 3.16. The number of nitrogens with one attached hydrogen (secondary N) is 1. The minimum Gasteiger partial charge on any atom is -0.472 e. The smallest absolute Gasteiger partial charge is 0.254 e. The Kier molecular flexibility index (Phi) is 4.06. The van der Waals surface area contributed by atoms with E-state index in [1.807, 2.05) is 0 Å². The number of carbonyl (C=O) groups excluding carboxylic acids is 1. The van der Waals surface area contributed by atoms with Crippen molar-refractivity contribution in [2.24, 2.45) is 0 Å². The number of furan rings is 1. The average molecular weight is 285 g/mol. The topological polar surface area (TPSA) is 51.5 Å². The quantitative estimate of drug-likeness (QED) is 0.942. The summed E-state index contributed by atoms with van der Waals surface area (Å²) in [6, 6.07) is 9.94. The van der Waals surface area contributed by atoms with E-state index in [-0.39, 0.29) is 18.1 Å². The zero-order valence-corrected chi connectivity index (χ0v) is 12.0. The van der Waals surface area contributed by atoms with Crippen LogP contribution in [0.25, 0.3) is 0 Å². The molecule has 0 aliphatic carbocycles. The van der Waals surface area contributed by atoms with Crippen molar-refractivity contribution < 1.29 is 13.9 Å². The summed E-state index contributed by atoms with van der Waals surface area (Å²) in [5.41, 5.74) is 2.87. The van der Waals surface area contributed by atoms with Crippen molar-refractivity contribution in [2.75, 3.05) is 6.61 Å². The van der Waals surface area contributed by atoms with Gasteiger partial charge in [0.25, 0.3) is 5.91 Å². The summed E-state index contributed by atoms with van der Waals surface area (Å²) in [6.07, 6.45) is 4.75. The van der Waals surface area contributed by atoms with Crippen LogP contribution in [0.1, 0.15) is 40.4 Å². The molecule has 1 amide bonds. The molecule has 0 radical (unpaired) electrons. The lowest BCUT2D eigenvalue weighted by Crippen LogP contribution is -2.42. The highest BCUT2D eigenvalue weighted by Crippen LogP contribution is 2.28. The van der Waals surface area contributed by atoms with E-state index in [1.54, 1.807) is 6.07 Å². The Labute approximate surface area is 124 Å². The summed E-state index contributed by atoms with van der Waals surface area (Å²) in [4.78, 5) is 12.2. The number of carbonyl (C=O) groups is 1. The van der Waals surface area contributed by atoms with Gasteiger partial charge in [0.05, 0.1) is 17.9 Å². The summed E-state index contributed by atoms with van der Waals surface area (Å²) >= 11 is 0. The summed E-state index contributed by atoms with van der Waals surface area (Å²) in [5.74, 6) is -0.114. The van der Waals surface area contributed by atoms with E-state index in [0.717, 1.165) is 25.0 Å². The van der Waals surface area contributed by atoms with Crippen LogP contribution in [0.15, 0.2) is 47.3 Å².